The van der Waals surface area contributed by atoms with Crippen molar-refractivity contribution in [1.82, 2.24) is 24.4 Å². The van der Waals surface area contributed by atoms with Crippen molar-refractivity contribution in [1.29, 1.82) is 0 Å². The number of thiazole rings is 1. The highest BCUT2D eigenvalue weighted by molar-refractivity contribution is 7.17. The number of hydrogen-bond acceptors (Lipinski definition) is 7. The van der Waals surface area contributed by atoms with Gasteiger partial charge < -0.3 is 9.52 Å². The van der Waals surface area contributed by atoms with Crippen LogP contribution in [-0.2, 0) is 0 Å². The molecular weight excluding hydrogens is 458 g/mol. The minimum atomic E-state index is -0.187. The predicted molar refractivity (Wildman–Crippen MR) is 136 cm³/mol. The van der Waals surface area contributed by atoms with Crippen LogP contribution in [0, 0.1) is 6.92 Å². The quantitative estimate of drug-likeness (QED) is 0.369. The Bertz CT molecular complexity index is 1350. The number of hydrogen-bond donors (Lipinski definition) is 1. The van der Waals surface area contributed by atoms with E-state index in [1.54, 1.807) is 6.26 Å². The molecule has 1 saturated heterocycles. The van der Waals surface area contributed by atoms with Gasteiger partial charge in [-0.1, -0.05) is 72.0 Å². The SMILES string of the molecule is Cc1nc2sc([C@H](c3ccco3)N3CCN(C(c4ccccc4)c4ccccc4)CC3)c(O)n2n1. The molecule has 0 amide bonds. The third-order valence-corrected chi connectivity index (χ3v) is 7.75. The summed E-state index contributed by atoms with van der Waals surface area (Å²) in [4.78, 5) is 10.9. The maximum Gasteiger partial charge on any atom is 0.230 e. The lowest BCUT2D eigenvalue weighted by Crippen LogP contribution is -2.49. The Hall–Kier alpha value is -3.46. The fourth-order valence-corrected chi connectivity index (χ4v) is 6.23. The van der Waals surface area contributed by atoms with Crippen LogP contribution in [0.15, 0.2) is 83.5 Å². The molecule has 1 aliphatic heterocycles. The van der Waals surface area contributed by atoms with E-state index in [1.165, 1.54) is 27.0 Å². The van der Waals surface area contributed by atoms with Crippen molar-refractivity contribution in [2.45, 2.75) is 19.0 Å². The summed E-state index contributed by atoms with van der Waals surface area (Å²) in [6.45, 7) is 5.30. The maximum absolute atomic E-state index is 11.0. The minimum absolute atomic E-state index is 0.140. The van der Waals surface area contributed by atoms with E-state index in [4.69, 9.17) is 4.42 Å². The first-order valence-electron chi connectivity index (χ1n) is 11.9. The van der Waals surface area contributed by atoms with Gasteiger partial charge in [0.15, 0.2) is 0 Å². The lowest BCUT2D eigenvalue weighted by Gasteiger charge is -2.42. The van der Waals surface area contributed by atoms with Crippen LogP contribution >= 0.6 is 11.3 Å². The van der Waals surface area contributed by atoms with Crippen molar-refractivity contribution < 1.29 is 9.52 Å². The smallest absolute Gasteiger partial charge is 0.230 e. The molecule has 5 aromatic rings. The third kappa shape index (κ3) is 4.14. The second-order valence-corrected chi connectivity index (χ2v) is 9.87. The fourth-order valence-electron chi connectivity index (χ4n) is 5.09. The van der Waals surface area contributed by atoms with E-state index < -0.39 is 0 Å². The summed E-state index contributed by atoms with van der Waals surface area (Å²) < 4.78 is 7.39. The van der Waals surface area contributed by atoms with E-state index in [0.29, 0.717) is 10.8 Å². The van der Waals surface area contributed by atoms with Crippen LogP contribution in [0.1, 0.15) is 39.7 Å². The minimum Gasteiger partial charge on any atom is -0.492 e. The van der Waals surface area contributed by atoms with Crippen LogP contribution in [0.25, 0.3) is 4.96 Å². The Kier molecular flexibility index (Phi) is 5.85. The number of fused-ring (bicyclic) bond motifs is 1. The van der Waals surface area contributed by atoms with Gasteiger partial charge in [-0.2, -0.15) is 4.52 Å². The van der Waals surface area contributed by atoms with Gasteiger partial charge in [0.2, 0.25) is 10.8 Å². The van der Waals surface area contributed by atoms with E-state index in [2.05, 4.69) is 80.5 Å². The zero-order valence-corrected chi connectivity index (χ0v) is 20.3. The summed E-state index contributed by atoms with van der Waals surface area (Å²) >= 11 is 1.47. The van der Waals surface area contributed by atoms with Crippen molar-refractivity contribution in [2.75, 3.05) is 26.2 Å². The van der Waals surface area contributed by atoms with Crippen LogP contribution < -0.4 is 0 Å². The predicted octanol–water partition coefficient (Wildman–Crippen LogP) is 4.89. The summed E-state index contributed by atoms with van der Waals surface area (Å²) in [5.74, 6) is 1.60. The molecule has 7 nitrogen and oxygen atoms in total. The monoisotopic (exact) mass is 485 g/mol. The Balaban J connectivity index is 1.29. The lowest BCUT2D eigenvalue weighted by atomic mass is 9.96. The van der Waals surface area contributed by atoms with Crippen molar-refractivity contribution in [3.63, 3.8) is 0 Å². The van der Waals surface area contributed by atoms with E-state index in [0.717, 1.165) is 36.8 Å². The highest BCUT2D eigenvalue weighted by Gasteiger charge is 2.35. The van der Waals surface area contributed by atoms with Gasteiger partial charge in [-0.05, 0) is 30.2 Å². The Morgan fingerprint density at radius 3 is 1.97 bits per heavy atom. The summed E-state index contributed by atoms with van der Waals surface area (Å²) in [7, 11) is 0. The number of aryl methyl sites for hydroxylation is 1. The van der Waals surface area contributed by atoms with Crippen molar-refractivity contribution in [3.05, 3.63) is 107 Å². The van der Waals surface area contributed by atoms with Crippen LogP contribution in [-0.4, -0.2) is 55.7 Å². The molecule has 0 unspecified atom stereocenters. The average molecular weight is 486 g/mol. The number of nitrogens with zero attached hydrogens (tertiary/aromatic N) is 5. The molecule has 0 saturated carbocycles. The molecule has 8 heteroatoms. The lowest BCUT2D eigenvalue weighted by molar-refractivity contribution is 0.0835. The Morgan fingerprint density at radius 1 is 0.829 bits per heavy atom. The average Bonchev–Trinajstić information content (AvgIpc) is 3.61. The Morgan fingerprint density at radius 2 is 1.43 bits per heavy atom. The van der Waals surface area contributed by atoms with Crippen LogP contribution in [0.4, 0.5) is 0 Å². The van der Waals surface area contributed by atoms with Crippen molar-refractivity contribution in [3.8, 4) is 5.88 Å². The summed E-state index contributed by atoms with van der Waals surface area (Å²) in [6, 6.07) is 25.3. The standard InChI is InChI=1S/C27H27N5O2S/c1-19-28-27-32(29-19)26(33)25(35-27)24(22-13-8-18-34-22)31-16-14-30(15-17-31)23(20-9-4-2-5-10-20)21-11-6-3-7-12-21/h2-13,18,23-24,33H,14-17H2,1H3/t24-/m0/s1. The molecule has 1 fully saturated rings. The van der Waals surface area contributed by atoms with Gasteiger partial charge in [0.25, 0.3) is 0 Å². The van der Waals surface area contributed by atoms with Gasteiger partial charge in [0.1, 0.15) is 17.6 Å². The molecule has 4 heterocycles. The zero-order valence-electron chi connectivity index (χ0n) is 19.5. The summed E-state index contributed by atoms with van der Waals surface area (Å²) in [6.07, 6.45) is 1.69. The number of rotatable bonds is 6. The molecule has 6 rings (SSSR count). The second kappa shape index (κ2) is 9.30. The molecule has 3 aromatic heterocycles. The molecule has 1 aliphatic rings. The molecule has 35 heavy (non-hydrogen) atoms. The maximum atomic E-state index is 11.0. The van der Waals surface area contributed by atoms with Gasteiger partial charge >= 0.3 is 0 Å². The first-order valence-corrected chi connectivity index (χ1v) is 12.7. The van der Waals surface area contributed by atoms with Crippen LogP contribution in [0.2, 0.25) is 0 Å². The fraction of sp³-hybridized carbons (Fsp3) is 0.259. The van der Waals surface area contributed by atoms with E-state index >= 15 is 0 Å². The summed E-state index contributed by atoms with van der Waals surface area (Å²) in [5, 5.41) is 15.4. The zero-order chi connectivity index (χ0) is 23.8. The van der Waals surface area contributed by atoms with Gasteiger partial charge in [-0.25, -0.2) is 4.98 Å². The second-order valence-electron chi connectivity index (χ2n) is 8.86. The Labute approximate surface area is 207 Å². The number of aromatic hydroxyl groups is 1. The highest BCUT2D eigenvalue weighted by atomic mass is 32.1. The van der Waals surface area contributed by atoms with Crippen LogP contribution in [0.5, 0.6) is 5.88 Å². The first-order chi connectivity index (χ1) is 17.2. The number of benzene rings is 2. The van der Waals surface area contributed by atoms with Gasteiger partial charge in [-0.15, -0.1) is 5.10 Å². The largest absolute Gasteiger partial charge is 0.492 e. The molecule has 1 atom stereocenters. The van der Waals surface area contributed by atoms with E-state index in [-0.39, 0.29) is 18.0 Å². The topological polar surface area (TPSA) is 70.0 Å². The number of piperazine rings is 1. The number of aromatic nitrogens is 3. The summed E-state index contributed by atoms with van der Waals surface area (Å²) in [5.41, 5.74) is 2.60. The van der Waals surface area contributed by atoms with Gasteiger partial charge in [-0.3, -0.25) is 9.80 Å². The molecular formula is C27H27N5O2S. The highest BCUT2D eigenvalue weighted by Crippen LogP contribution is 2.41. The third-order valence-electron chi connectivity index (χ3n) is 6.68. The van der Waals surface area contributed by atoms with Gasteiger partial charge in [0.05, 0.1) is 17.2 Å². The molecule has 178 valence electrons. The van der Waals surface area contributed by atoms with E-state index in [1.807, 2.05) is 19.1 Å². The van der Waals surface area contributed by atoms with Crippen LogP contribution in [0.3, 0.4) is 0 Å². The van der Waals surface area contributed by atoms with E-state index in [9.17, 15) is 5.11 Å². The molecule has 0 aliphatic carbocycles. The van der Waals surface area contributed by atoms with Crippen molar-refractivity contribution in [2.24, 2.45) is 0 Å². The molecule has 2 aromatic carbocycles. The van der Waals surface area contributed by atoms with Gasteiger partial charge in [0, 0.05) is 26.2 Å². The molecule has 1 N–H and O–H groups in total. The van der Waals surface area contributed by atoms with Crippen molar-refractivity contribution >= 4 is 16.3 Å². The number of furan rings is 1. The molecule has 0 bridgehead atoms. The first kappa shape index (κ1) is 22.0. The molecule has 0 radical (unpaired) electrons. The molecule has 0 spiro atoms. The normalized spacial score (nSPS) is 16.3.